The maximum atomic E-state index is 6.78. The van der Waals surface area contributed by atoms with Gasteiger partial charge >= 0.3 is 0 Å². The Morgan fingerprint density at radius 3 is 2.30 bits per heavy atom. The maximum Gasteiger partial charge on any atom is 0.249 e. The van der Waals surface area contributed by atoms with E-state index in [9.17, 15) is 0 Å². The van der Waals surface area contributed by atoms with Gasteiger partial charge < -0.3 is 8.82 Å². The average Bonchev–Trinajstić information content (AvgIpc) is 3.85. The molecule has 5 aromatic heterocycles. The summed E-state index contributed by atoms with van der Waals surface area (Å²) in [6, 6.07) is 45.1. The number of nitrogens with zero attached hydrogens (tertiary/aromatic N) is 3. The van der Waals surface area contributed by atoms with Crippen LogP contribution in [0.3, 0.4) is 0 Å². The first-order valence-corrected chi connectivity index (χ1v) is 19.3. The van der Waals surface area contributed by atoms with Crippen molar-refractivity contribution in [3.63, 3.8) is 0 Å². The van der Waals surface area contributed by atoms with Crippen LogP contribution in [0.25, 0.3) is 88.2 Å². The van der Waals surface area contributed by atoms with Crippen molar-refractivity contribution in [3.05, 3.63) is 157 Å². The summed E-state index contributed by atoms with van der Waals surface area (Å²) in [6.07, 6.45) is 6.41. The Kier molecular flexibility index (Phi) is 5.85. The number of pyridine rings is 2. The Balaban J connectivity index is 1.19. The molecule has 2 aliphatic rings. The molecule has 2 unspecified atom stereocenters. The van der Waals surface area contributed by atoms with Gasteiger partial charge in [-0.15, -0.1) is 0 Å². The molecule has 12 rings (SSSR count). The molecule has 0 bridgehead atoms. The van der Waals surface area contributed by atoms with Gasteiger partial charge in [0, 0.05) is 62.3 Å². The zero-order valence-electron chi connectivity index (χ0n) is 30.7. The molecular formula is C50H39N3O+2. The van der Waals surface area contributed by atoms with Gasteiger partial charge in [-0.05, 0) is 78.4 Å². The molecule has 7 heterocycles. The second kappa shape index (κ2) is 10.4. The number of furan rings is 1. The summed E-state index contributed by atoms with van der Waals surface area (Å²) in [5.41, 5.74) is 15.8. The Morgan fingerprint density at radius 2 is 1.43 bits per heavy atom. The van der Waals surface area contributed by atoms with Crippen LogP contribution < -0.4 is 9.13 Å². The monoisotopic (exact) mass is 697 g/mol. The van der Waals surface area contributed by atoms with Crippen molar-refractivity contribution >= 4 is 65.7 Å². The number of hydrogen-bond acceptors (Lipinski definition) is 1. The van der Waals surface area contributed by atoms with E-state index in [-0.39, 0.29) is 17.4 Å². The lowest BCUT2D eigenvalue weighted by atomic mass is 9.78. The third kappa shape index (κ3) is 3.82. The van der Waals surface area contributed by atoms with Crippen LogP contribution >= 0.6 is 0 Å². The van der Waals surface area contributed by atoms with Crippen LogP contribution in [0.1, 0.15) is 55.8 Å². The van der Waals surface area contributed by atoms with Crippen LogP contribution in [0.2, 0.25) is 0 Å². The minimum atomic E-state index is -0.0911. The molecule has 54 heavy (non-hydrogen) atoms. The fourth-order valence-corrected chi connectivity index (χ4v) is 10.3. The second-order valence-corrected chi connectivity index (χ2v) is 16.6. The largest absolute Gasteiger partial charge is 0.456 e. The molecule has 0 aliphatic carbocycles. The Hall–Kier alpha value is -6.26. The zero-order chi connectivity index (χ0) is 36.0. The van der Waals surface area contributed by atoms with Gasteiger partial charge in [0.05, 0.1) is 33.4 Å². The molecule has 2 atom stereocenters. The van der Waals surface area contributed by atoms with E-state index >= 15 is 0 Å². The molecule has 4 heteroatoms. The highest BCUT2D eigenvalue weighted by Crippen LogP contribution is 2.49. The van der Waals surface area contributed by atoms with Gasteiger partial charge in [0.15, 0.2) is 12.4 Å². The van der Waals surface area contributed by atoms with Crippen LogP contribution in [0.5, 0.6) is 0 Å². The van der Waals surface area contributed by atoms with Crippen molar-refractivity contribution in [1.82, 2.24) is 4.40 Å². The van der Waals surface area contributed by atoms with E-state index in [0.29, 0.717) is 0 Å². The van der Waals surface area contributed by atoms with Gasteiger partial charge in [0.1, 0.15) is 11.2 Å². The zero-order valence-corrected chi connectivity index (χ0v) is 30.7. The van der Waals surface area contributed by atoms with E-state index < -0.39 is 0 Å². The van der Waals surface area contributed by atoms with Gasteiger partial charge in [-0.25, -0.2) is 0 Å². The number of aryl methyl sites for hydroxylation is 1. The van der Waals surface area contributed by atoms with Gasteiger partial charge in [-0.2, -0.15) is 9.13 Å². The first-order chi connectivity index (χ1) is 26.4. The third-order valence-electron chi connectivity index (χ3n) is 12.7. The summed E-state index contributed by atoms with van der Waals surface area (Å²) in [5.74, 6) is 0.261. The minimum Gasteiger partial charge on any atom is -0.456 e. The maximum absolute atomic E-state index is 6.78. The van der Waals surface area contributed by atoms with Gasteiger partial charge in [-0.1, -0.05) is 75.4 Å². The smallest absolute Gasteiger partial charge is 0.249 e. The van der Waals surface area contributed by atoms with Crippen LogP contribution in [-0.4, -0.2) is 4.40 Å². The van der Waals surface area contributed by atoms with E-state index in [1.807, 2.05) is 0 Å². The van der Waals surface area contributed by atoms with Crippen molar-refractivity contribution in [2.45, 2.75) is 51.0 Å². The molecule has 0 spiro atoms. The number of aromatic nitrogens is 3. The number of rotatable bonds is 0. The molecule has 0 saturated heterocycles. The summed E-state index contributed by atoms with van der Waals surface area (Å²) < 4.78 is 14.2. The third-order valence-corrected chi connectivity index (χ3v) is 12.7. The molecule has 2 aliphatic heterocycles. The SMILES string of the molecule is C=C1C2C(CCc3cc4c(cc3-c3cccc[n+]31)c1cccc3c5cc(C(C)(C)C)c6oc7ccccc7c6c5n4c13)c1ccccc1-c1cccc[n+]12. The fourth-order valence-electron chi connectivity index (χ4n) is 10.3. The van der Waals surface area contributed by atoms with Gasteiger partial charge in [0.2, 0.25) is 23.1 Å². The van der Waals surface area contributed by atoms with E-state index in [0.717, 1.165) is 29.7 Å². The van der Waals surface area contributed by atoms with Crippen molar-refractivity contribution in [3.8, 4) is 22.5 Å². The average molecular weight is 698 g/mol. The number of benzene rings is 5. The second-order valence-electron chi connectivity index (χ2n) is 16.6. The Labute approximate surface area is 313 Å². The lowest BCUT2D eigenvalue weighted by Crippen LogP contribution is -2.53. The molecule has 0 radical (unpaired) electrons. The van der Waals surface area contributed by atoms with E-state index in [2.05, 4.69) is 168 Å². The molecule has 0 fully saturated rings. The summed E-state index contributed by atoms with van der Waals surface area (Å²) in [7, 11) is 0. The first kappa shape index (κ1) is 30.2. The van der Waals surface area contributed by atoms with Crippen molar-refractivity contribution in [2.24, 2.45) is 0 Å². The van der Waals surface area contributed by atoms with Crippen LogP contribution in [0, 0.1) is 0 Å². The molecule has 0 amide bonds. The van der Waals surface area contributed by atoms with Crippen molar-refractivity contribution in [2.75, 3.05) is 0 Å². The summed E-state index contributed by atoms with van der Waals surface area (Å²) >= 11 is 0. The topological polar surface area (TPSA) is 25.3 Å². The van der Waals surface area contributed by atoms with Gasteiger partial charge in [-0.3, -0.25) is 0 Å². The quantitative estimate of drug-likeness (QED) is 0.145. The highest BCUT2D eigenvalue weighted by Gasteiger charge is 2.46. The molecular weight excluding hydrogens is 659 g/mol. The molecule has 258 valence electrons. The summed E-state index contributed by atoms with van der Waals surface area (Å²) in [4.78, 5) is 0. The highest BCUT2D eigenvalue weighted by atomic mass is 16.3. The Morgan fingerprint density at radius 1 is 0.685 bits per heavy atom. The number of hydrogen-bond donors (Lipinski definition) is 0. The molecule has 4 nitrogen and oxygen atoms in total. The van der Waals surface area contributed by atoms with Crippen LogP contribution in [-0.2, 0) is 11.8 Å². The van der Waals surface area contributed by atoms with E-state index in [4.69, 9.17) is 11.0 Å². The summed E-state index contributed by atoms with van der Waals surface area (Å²) in [5, 5.41) is 7.53. The molecule has 5 aromatic carbocycles. The Bertz CT molecular complexity index is 3240. The lowest BCUT2D eigenvalue weighted by molar-refractivity contribution is -0.727. The number of para-hydroxylation sites is 2. The van der Waals surface area contributed by atoms with Crippen molar-refractivity contribution < 1.29 is 13.6 Å². The highest BCUT2D eigenvalue weighted by molar-refractivity contribution is 6.30. The molecule has 0 saturated carbocycles. The molecule has 10 aromatic rings. The predicted octanol–water partition coefficient (Wildman–Crippen LogP) is 11.7. The van der Waals surface area contributed by atoms with Gasteiger partial charge in [0.25, 0.3) is 0 Å². The van der Waals surface area contributed by atoms with E-state index in [1.165, 1.54) is 88.1 Å². The fraction of sp³-hybridized carbons (Fsp3) is 0.160. The van der Waals surface area contributed by atoms with Crippen LogP contribution in [0.15, 0.2) is 145 Å². The standard InChI is InChI=1S/C50H39N3O/c1-29-46-35(31-14-5-6-15-32(31)41-19-10-12-25-52(41)46)23-22-30-26-43-38(27-37(30)42-20-9-11-24-51(29)42)33-17-13-18-34-39-28-40(50(2,3)4)49-45(48(39)53(43)47(33)34)36-16-7-8-21-44(36)54-49/h5-21,24-28,35,46H,1,22-23H2,2-4H3/q+2. The lowest BCUT2D eigenvalue weighted by Gasteiger charge is -2.29. The minimum absolute atomic E-state index is 0.0804. The molecule has 0 N–H and O–H groups in total. The number of allylic oxidation sites excluding steroid dienone is 1. The predicted molar refractivity (Wildman–Crippen MR) is 220 cm³/mol. The first-order valence-electron chi connectivity index (χ1n) is 19.3. The number of fused-ring (bicyclic) bond motifs is 19. The van der Waals surface area contributed by atoms with Crippen LogP contribution in [0.4, 0.5) is 0 Å². The normalized spacial score (nSPS) is 17.1. The summed E-state index contributed by atoms with van der Waals surface area (Å²) in [6.45, 7) is 11.8. The van der Waals surface area contributed by atoms with Crippen molar-refractivity contribution in [1.29, 1.82) is 0 Å². The van der Waals surface area contributed by atoms with E-state index in [1.54, 1.807) is 0 Å².